The first-order valence-electron chi connectivity index (χ1n) is 6.22. The fourth-order valence-corrected chi connectivity index (χ4v) is 2.44. The molecule has 1 fully saturated rings. The van der Waals surface area contributed by atoms with Gasteiger partial charge in [-0.2, -0.15) is 0 Å². The molecule has 0 spiro atoms. The van der Waals surface area contributed by atoms with Crippen LogP contribution in [-0.4, -0.2) is 29.1 Å². The van der Waals surface area contributed by atoms with Crippen LogP contribution in [0.3, 0.4) is 0 Å². The number of aryl methyl sites for hydroxylation is 1. The summed E-state index contributed by atoms with van der Waals surface area (Å²) in [5.74, 6) is -0.841. The van der Waals surface area contributed by atoms with E-state index in [1.54, 1.807) is 6.07 Å². The van der Waals surface area contributed by atoms with Crippen molar-refractivity contribution in [2.45, 2.75) is 32.7 Å². The summed E-state index contributed by atoms with van der Waals surface area (Å²) in [6.07, 6.45) is 3.91. The van der Waals surface area contributed by atoms with Crippen LogP contribution in [0.2, 0.25) is 0 Å². The van der Waals surface area contributed by atoms with Crippen molar-refractivity contribution in [1.82, 2.24) is 4.90 Å². The number of piperidine rings is 1. The molecule has 0 aromatic heterocycles. The monoisotopic (exact) mass is 233 g/mol. The van der Waals surface area contributed by atoms with Gasteiger partial charge in [-0.05, 0) is 50.0 Å². The first-order chi connectivity index (χ1) is 8.16. The second kappa shape index (κ2) is 5.32. The Labute approximate surface area is 102 Å². The van der Waals surface area contributed by atoms with E-state index >= 15 is 0 Å². The Morgan fingerprint density at radius 3 is 2.59 bits per heavy atom. The molecule has 0 bridgehead atoms. The third kappa shape index (κ3) is 3.07. The topological polar surface area (TPSA) is 40.5 Å². The summed E-state index contributed by atoms with van der Waals surface area (Å²) in [4.78, 5) is 13.4. The number of hydrogen-bond acceptors (Lipinski definition) is 2. The summed E-state index contributed by atoms with van der Waals surface area (Å²) in [6.45, 7) is 5.14. The van der Waals surface area contributed by atoms with Gasteiger partial charge in [0.05, 0.1) is 5.56 Å². The minimum Gasteiger partial charge on any atom is -0.478 e. The predicted octanol–water partition coefficient (Wildman–Crippen LogP) is 2.68. The van der Waals surface area contributed by atoms with Crippen molar-refractivity contribution in [2.24, 2.45) is 0 Å². The number of carboxylic acid groups (broad SMARTS) is 1. The predicted molar refractivity (Wildman–Crippen MR) is 67.3 cm³/mol. The average molecular weight is 233 g/mol. The highest BCUT2D eigenvalue weighted by atomic mass is 16.4. The van der Waals surface area contributed by atoms with Crippen LogP contribution in [0.1, 0.15) is 40.7 Å². The minimum atomic E-state index is -0.841. The lowest BCUT2D eigenvalue weighted by Crippen LogP contribution is -2.29. The number of nitrogens with zero attached hydrogens (tertiary/aromatic N) is 1. The Morgan fingerprint density at radius 2 is 2.00 bits per heavy atom. The zero-order chi connectivity index (χ0) is 12.3. The fraction of sp³-hybridized carbons (Fsp3) is 0.500. The smallest absolute Gasteiger partial charge is 0.335 e. The number of likely N-dealkylation sites (tertiary alicyclic amines) is 1. The van der Waals surface area contributed by atoms with Gasteiger partial charge in [0.1, 0.15) is 0 Å². The second-order valence-corrected chi connectivity index (χ2v) is 4.79. The molecular weight excluding hydrogens is 214 g/mol. The van der Waals surface area contributed by atoms with Crippen molar-refractivity contribution < 1.29 is 9.90 Å². The molecule has 1 aromatic carbocycles. The minimum absolute atomic E-state index is 0.410. The first kappa shape index (κ1) is 12.1. The van der Waals surface area contributed by atoms with Gasteiger partial charge in [-0.1, -0.05) is 18.6 Å². The number of carbonyl (C=O) groups is 1. The van der Waals surface area contributed by atoms with E-state index in [0.717, 1.165) is 12.1 Å². The molecule has 3 nitrogen and oxygen atoms in total. The Morgan fingerprint density at radius 1 is 1.29 bits per heavy atom. The van der Waals surface area contributed by atoms with E-state index in [2.05, 4.69) is 4.90 Å². The Kier molecular flexibility index (Phi) is 3.79. The van der Waals surface area contributed by atoms with Crippen LogP contribution in [0.5, 0.6) is 0 Å². The average Bonchev–Trinajstić information content (AvgIpc) is 2.30. The first-order valence-corrected chi connectivity index (χ1v) is 6.22. The van der Waals surface area contributed by atoms with Crippen molar-refractivity contribution in [1.29, 1.82) is 0 Å². The summed E-state index contributed by atoms with van der Waals surface area (Å²) in [5, 5.41) is 8.97. The second-order valence-electron chi connectivity index (χ2n) is 4.79. The molecule has 0 amide bonds. The zero-order valence-electron chi connectivity index (χ0n) is 10.3. The van der Waals surface area contributed by atoms with Gasteiger partial charge in [0.25, 0.3) is 0 Å². The highest BCUT2D eigenvalue weighted by molar-refractivity contribution is 5.89. The summed E-state index contributed by atoms with van der Waals surface area (Å²) in [5.41, 5.74) is 2.48. The quantitative estimate of drug-likeness (QED) is 0.872. The molecule has 0 unspecified atom stereocenters. The number of carboxylic acids is 1. The van der Waals surface area contributed by atoms with E-state index in [9.17, 15) is 4.79 Å². The largest absolute Gasteiger partial charge is 0.478 e. The van der Waals surface area contributed by atoms with Crippen LogP contribution in [-0.2, 0) is 6.54 Å². The summed E-state index contributed by atoms with van der Waals surface area (Å²) >= 11 is 0. The van der Waals surface area contributed by atoms with Crippen LogP contribution < -0.4 is 0 Å². The lowest BCUT2D eigenvalue weighted by atomic mass is 10.0. The van der Waals surface area contributed by atoms with Crippen LogP contribution in [0, 0.1) is 6.92 Å². The van der Waals surface area contributed by atoms with Crippen LogP contribution in [0.4, 0.5) is 0 Å². The highest BCUT2D eigenvalue weighted by Crippen LogP contribution is 2.16. The van der Waals surface area contributed by atoms with Crippen LogP contribution in [0.15, 0.2) is 18.2 Å². The maximum atomic E-state index is 10.9. The maximum absolute atomic E-state index is 10.9. The SMILES string of the molecule is Cc1cc(CN2CCCCC2)ccc1C(=O)O. The summed E-state index contributed by atoms with van der Waals surface area (Å²) in [6, 6.07) is 5.65. The van der Waals surface area contributed by atoms with E-state index in [4.69, 9.17) is 5.11 Å². The molecular formula is C14H19NO2. The van der Waals surface area contributed by atoms with Gasteiger partial charge in [-0.3, -0.25) is 4.90 Å². The van der Waals surface area contributed by atoms with Gasteiger partial charge in [0.2, 0.25) is 0 Å². The lowest BCUT2D eigenvalue weighted by molar-refractivity contribution is 0.0696. The fourth-order valence-electron chi connectivity index (χ4n) is 2.44. The number of aromatic carboxylic acids is 1. The van der Waals surface area contributed by atoms with E-state index in [-0.39, 0.29) is 0 Å². The van der Waals surface area contributed by atoms with E-state index < -0.39 is 5.97 Å². The lowest BCUT2D eigenvalue weighted by Gasteiger charge is -2.26. The maximum Gasteiger partial charge on any atom is 0.335 e. The molecule has 0 atom stereocenters. The molecule has 1 aliphatic heterocycles. The Balaban J connectivity index is 2.06. The molecule has 1 saturated heterocycles. The van der Waals surface area contributed by atoms with Gasteiger partial charge in [0, 0.05) is 6.54 Å². The van der Waals surface area contributed by atoms with Crippen molar-refractivity contribution in [3.63, 3.8) is 0 Å². The zero-order valence-corrected chi connectivity index (χ0v) is 10.3. The van der Waals surface area contributed by atoms with E-state index in [0.29, 0.717) is 5.56 Å². The molecule has 3 heteroatoms. The van der Waals surface area contributed by atoms with Crippen LogP contribution in [0.25, 0.3) is 0 Å². The molecule has 17 heavy (non-hydrogen) atoms. The molecule has 1 heterocycles. The van der Waals surface area contributed by atoms with Crippen molar-refractivity contribution in [2.75, 3.05) is 13.1 Å². The van der Waals surface area contributed by atoms with E-state index in [1.807, 2.05) is 19.1 Å². The molecule has 0 radical (unpaired) electrons. The third-order valence-corrected chi connectivity index (χ3v) is 3.38. The number of hydrogen-bond donors (Lipinski definition) is 1. The number of rotatable bonds is 3. The van der Waals surface area contributed by atoms with Crippen molar-refractivity contribution in [3.8, 4) is 0 Å². The summed E-state index contributed by atoms with van der Waals surface area (Å²) in [7, 11) is 0. The van der Waals surface area contributed by atoms with Crippen molar-refractivity contribution in [3.05, 3.63) is 34.9 Å². The molecule has 0 aliphatic carbocycles. The summed E-state index contributed by atoms with van der Waals surface area (Å²) < 4.78 is 0. The van der Waals surface area contributed by atoms with Crippen LogP contribution >= 0.6 is 0 Å². The molecule has 0 saturated carbocycles. The van der Waals surface area contributed by atoms with Gasteiger partial charge in [0.15, 0.2) is 0 Å². The molecule has 2 rings (SSSR count). The van der Waals surface area contributed by atoms with Gasteiger partial charge >= 0.3 is 5.97 Å². The molecule has 92 valence electrons. The van der Waals surface area contributed by atoms with Gasteiger partial charge in [-0.15, -0.1) is 0 Å². The van der Waals surface area contributed by atoms with Crippen molar-refractivity contribution >= 4 is 5.97 Å². The normalized spacial score (nSPS) is 17.0. The highest BCUT2D eigenvalue weighted by Gasteiger charge is 2.12. The van der Waals surface area contributed by atoms with E-state index in [1.165, 1.54) is 37.9 Å². The standard InChI is InChI=1S/C14H19NO2/c1-11-9-12(5-6-13(11)14(16)17)10-15-7-3-2-4-8-15/h5-6,9H,2-4,7-8,10H2,1H3,(H,16,17). The molecule has 1 aromatic rings. The third-order valence-electron chi connectivity index (χ3n) is 3.38. The molecule has 1 aliphatic rings. The molecule has 1 N–H and O–H groups in total. The van der Waals surface area contributed by atoms with Gasteiger partial charge < -0.3 is 5.11 Å². The van der Waals surface area contributed by atoms with Gasteiger partial charge in [-0.25, -0.2) is 4.79 Å². The Bertz CT molecular complexity index is 409. The number of benzene rings is 1. The Hall–Kier alpha value is -1.35.